The van der Waals surface area contributed by atoms with Gasteiger partial charge in [-0.3, -0.25) is 9.59 Å². The molecule has 5 rings (SSSR count). The fraction of sp³-hybridized carbons (Fsp3) is 0.370. The van der Waals surface area contributed by atoms with E-state index in [2.05, 4.69) is 16.3 Å². The van der Waals surface area contributed by atoms with Gasteiger partial charge in [-0.1, -0.05) is 50.6 Å². The lowest BCUT2D eigenvalue weighted by Gasteiger charge is -2.46. The number of nitrogens with zero attached hydrogens (tertiary/aromatic N) is 3. The third-order valence-electron chi connectivity index (χ3n) is 7.50. The van der Waals surface area contributed by atoms with Gasteiger partial charge in [-0.2, -0.15) is 0 Å². The number of hydrogen-bond acceptors (Lipinski definition) is 4. The first-order valence-electron chi connectivity index (χ1n) is 12.1. The van der Waals surface area contributed by atoms with Gasteiger partial charge in [0, 0.05) is 24.5 Å². The van der Waals surface area contributed by atoms with Gasteiger partial charge in [-0.15, -0.1) is 0 Å². The highest BCUT2D eigenvalue weighted by Crippen LogP contribution is 2.44. The van der Waals surface area contributed by atoms with E-state index in [0.29, 0.717) is 24.9 Å². The van der Waals surface area contributed by atoms with Crippen LogP contribution >= 0.6 is 0 Å². The highest BCUT2D eigenvalue weighted by atomic mass is 16.4. The number of aliphatic carboxylic acids is 1. The van der Waals surface area contributed by atoms with Gasteiger partial charge in [0.05, 0.1) is 16.9 Å². The Morgan fingerprint density at radius 2 is 1.86 bits per heavy atom. The lowest BCUT2D eigenvalue weighted by molar-refractivity contribution is -0.143. The number of anilines is 1. The Balaban J connectivity index is 1.59. The summed E-state index contributed by atoms with van der Waals surface area (Å²) < 4.78 is 1.96. The Kier molecular flexibility index (Phi) is 5.75. The number of fused-ring (bicyclic) bond motifs is 6. The summed E-state index contributed by atoms with van der Waals surface area (Å²) in [4.78, 5) is 42.4. The van der Waals surface area contributed by atoms with Gasteiger partial charge in [0.1, 0.15) is 18.8 Å². The molecule has 2 aliphatic rings. The van der Waals surface area contributed by atoms with E-state index in [0.717, 1.165) is 27.8 Å². The molecule has 2 aliphatic heterocycles. The van der Waals surface area contributed by atoms with Gasteiger partial charge in [-0.25, -0.2) is 4.79 Å². The van der Waals surface area contributed by atoms with Gasteiger partial charge >= 0.3 is 5.97 Å². The van der Waals surface area contributed by atoms with Crippen molar-refractivity contribution in [3.8, 4) is 0 Å². The summed E-state index contributed by atoms with van der Waals surface area (Å²) in [5.41, 5.74) is 4.48. The number of benzene rings is 2. The Morgan fingerprint density at radius 3 is 2.60 bits per heavy atom. The number of amides is 2. The molecule has 1 aromatic heterocycles. The molecule has 3 aromatic rings. The van der Waals surface area contributed by atoms with E-state index in [4.69, 9.17) is 0 Å². The van der Waals surface area contributed by atoms with E-state index in [1.54, 1.807) is 0 Å². The van der Waals surface area contributed by atoms with Gasteiger partial charge in [0.25, 0.3) is 5.91 Å². The lowest BCUT2D eigenvalue weighted by Crippen LogP contribution is -2.52. The van der Waals surface area contributed by atoms with Crippen molar-refractivity contribution >= 4 is 34.4 Å². The highest BCUT2D eigenvalue weighted by molar-refractivity contribution is 6.02. The Morgan fingerprint density at radius 1 is 1.14 bits per heavy atom. The number of rotatable bonds is 6. The van der Waals surface area contributed by atoms with Crippen LogP contribution in [0.4, 0.5) is 5.69 Å². The topological polar surface area (TPSA) is 94.9 Å². The van der Waals surface area contributed by atoms with Crippen molar-refractivity contribution in [2.75, 3.05) is 18.5 Å². The fourth-order valence-corrected chi connectivity index (χ4v) is 5.52. The molecule has 0 saturated heterocycles. The molecular formula is C27H30N4O4. The zero-order valence-corrected chi connectivity index (χ0v) is 20.2. The number of hydrogen-bond donors (Lipinski definition) is 2. The van der Waals surface area contributed by atoms with Crippen LogP contribution in [0, 0.1) is 5.92 Å². The molecule has 3 heterocycles. The van der Waals surface area contributed by atoms with Crippen molar-refractivity contribution in [1.29, 1.82) is 0 Å². The second-order valence-electron chi connectivity index (χ2n) is 9.49. The summed E-state index contributed by atoms with van der Waals surface area (Å²) in [5, 5.41) is 13.4. The summed E-state index contributed by atoms with van der Waals surface area (Å²) in [6, 6.07) is 14.6. The third-order valence-corrected chi connectivity index (χ3v) is 7.50. The molecule has 2 amide bonds. The number of carbonyl (C=O) groups excluding carboxylic acids is 2. The molecule has 8 nitrogen and oxygen atoms in total. The maximum absolute atomic E-state index is 13.4. The van der Waals surface area contributed by atoms with Crippen LogP contribution in [0.2, 0.25) is 0 Å². The third kappa shape index (κ3) is 3.64. The Bertz CT molecular complexity index is 1330. The number of nitrogens with one attached hydrogen (secondary N) is 1. The zero-order valence-electron chi connectivity index (χ0n) is 20.2. The van der Waals surface area contributed by atoms with E-state index in [9.17, 15) is 19.5 Å². The highest BCUT2D eigenvalue weighted by Gasteiger charge is 2.43. The van der Waals surface area contributed by atoms with Crippen LogP contribution in [0.25, 0.3) is 10.9 Å². The van der Waals surface area contributed by atoms with Crippen molar-refractivity contribution in [2.45, 2.75) is 45.4 Å². The average molecular weight is 475 g/mol. The Hall–Kier alpha value is -3.81. The summed E-state index contributed by atoms with van der Waals surface area (Å²) in [7, 11) is 1.98. The van der Waals surface area contributed by atoms with Crippen LogP contribution in [0.5, 0.6) is 0 Å². The minimum atomic E-state index is -1.03. The van der Waals surface area contributed by atoms with Crippen LogP contribution in [-0.2, 0) is 22.6 Å². The van der Waals surface area contributed by atoms with Gasteiger partial charge in [0.2, 0.25) is 5.91 Å². The van der Waals surface area contributed by atoms with Crippen molar-refractivity contribution in [2.24, 2.45) is 5.92 Å². The van der Waals surface area contributed by atoms with E-state index in [1.165, 1.54) is 0 Å². The first-order valence-corrected chi connectivity index (χ1v) is 12.1. The predicted molar refractivity (Wildman–Crippen MR) is 133 cm³/mol. The zero-order chi connectivity index (χ0) is 24.9. The van der Waals surface area contributed by atoms with Crippen LogP contribution in [0.3, 0.4) is 0 Å². The van der Waals surface area contributed by atoms with Crippen molar-refractivity contribution in [3.05, 3.63) is 65.4 Å². The monoisotopic (exact) mass is 474 g/mol. The van der Waals surface area contributed by atoms with Crippen LogP contribution < -0.4 is 10.2 Å². The van der Waals surface area contributed by atoms with Crippen LogP contribution in [-0.4, -0.2) is 52.0 Å². The maximum atomic E-state index is 13.4. The largest absolute Gasteiger partial charge is 0.480 e. The molecule has 2 aromatic carbocycles. The fourth-order valence-electron chi connectivity index (χ4n) is 5.52. The maximum Gasteiger partial charge on any atom is 0.326 e. The van der Waals surface area contributed by atoms with E-state index < -0.39 is 12.0 Å². The van der Waals surface area contributed by atoms with Gasteiger partial charge < -0.3 is 24.8 Å². The van der Waals surface area contributed by atoms with Crippen molar-refractivity contribution < 1.29 is 19.5 Å². The van der Waals surface area contributed by atoms with Crippen LogP contribution in [0.1, 0.15) is 48.0 Å². The molecule has 0 aliphatic carbocycles. The summed E-state index contributed by atoms with van der Waals surface area (Å²) >= 11 is 0. The molecule has 0 spiro atoms. The molecular weight excluding hydrogens is 444 g/mol. The molecule has 0 unspecified atom stereocenters. The molecule has 0 fully saturated rings. The summed E-state index contributed by atoms with van der Waals surface area (Å²) in [6.45, 7) is 4.30. The van der Waals surface area contributed by atoms with E-state index in [1.807, 2.05) is 72.8 Å². The lowest BCUT2D eigenvalue weighted by atomic mass is 9.96. The van der Waals surface area contributed by atoms with Crippen molar-refractivity contribution in [1.82, 2.24) is 14.8 Å². The molecule has 2 N–H and O–H groups in total. The van der Waals surface area contributed by atoms with E-state index >= 15 is 0 Å². The summed E-state index contributed by atoms with van der Waals surface area (Å²) in [5.74, 6) is -1.60. The number of aromatic nitrogens is 1. The number of carbonyl (C=O) groups is 3. The van der Waals surface area contributed by atoms with Crippen LogP contribution in [0.15, 0.2) is 48.5 Å². The van der Waals surface area contributed by atoms with Crippen molar-refractivity contribution in [3.63, 3.8) is 0 Å². The molecule has 0 radical (unpaired) electrons. The number of carboxylic acid groups (broad SMARTS) is 1. The second-order valence-corrected chi connectivity index (χ2v) is 9.49. The first-order chi connectivity index (χ1) is 16.8. The molecule has 8 heteroatoms. The quantitative estimate of drug-likeness (QED) is 0.571. The minimum absolute atomic E-state index is 0.0154. The summed E-state index contributed by atoms with van der Waals surface area (Å²) in [6.07, 6.45) is 0.974. The van der Waals surface area contributed by atoms with Gasteiger partial charge in [-0.05, 0) is 36.1 Å². The molecule has 0 saturated carbocycles. The van der Waals surface area contributed by atoms with E-state index in [-0.39, 0.29) is 30.4 Å². The standard InChI is InChI=1S/C27H30N4O4/c1-4-16(2)23(27(34)35)28-22(32)15-31-21-12-8-5-9-17(21)18-13-14-30-25(24(18)31)29(3)20-11-7-6-10-19(20)26(30)33/h5-12,16,23,25H,4,13-15H2,1-3H3,(H,28,32)(H,34,35)/t16-,23+,25-/m1/s1. The smallest absolute Gasteiger partial charge is 0.326 e. The SMILES string of the molecule is CC[C@@H](C)[C@H](NC(=O)Cn1c2c(c3ccccc31)CCN1C(=O)c3ccccc3N(C)[C@@H]21)C(=O)O. The first kappa shape index (κ1) is 23.0. The molecule has 3 atom stereocenters. The normalized spacial score (nSPS) is 18.5. The predicted octanol–water partition coefficient (Wildman–Crippen LogP) is 3.40. The Labute approximate surface area is 204 Å². The number of para-hydroxylation sites is 2. The molecule has 182 valence electrons. The minimum Gasteiger partial charge on any atom is -0.480 e. The second kappa shape index (κ2) is 8.76. The number of carboxylic acids is 1. The molecule has 35 heavy (non-hydrogen) atoms. The molecule has 0 bridgehead atoms. The van der Waals surface area contributed by atoms with Gasteiger partial charge in [0.15, 0.2) is 0 Å². The average Bonchev–Trinajstić information content (AvgIpc) is 3.18.